The van der Waals surface area contributed by atoms with Crippen LogP contribution in [-0.2, 0) is 6.54 Å². The minimum absolute atomic E-state index is 0.348. The molecule has 4 nitrogen and oxygen atoms in total. The molecule has 1 aromatic rings. The summed E-state index contributed by atoms with van der Waals surface area (Å²) in [7, 11) is 1.56. The van der Waals surface area contributed by atoms with Crippen molar-refractivity contribution in [1.82, 2.24) is 14.8 Å². The summed E-state index contributed by atoms with van der Waals surface area (Å²) in [4.78, 5) is 1.38. The molecule has 80 valence electrons. The summed E-state index contributed by atoms with van der Waals surface area (Å²) in [5.41, 5.74) is 0. The standard InChI is InChI=1S/C7H12F2N4S/c1-3-13-6(10-11-7(13)14)12(2)4-5(8)9/h5H,3-4H2,1-2H3,(H,11,14). The highest BCUT2D eigenvalue weighted by atomic mass is 32.1. The molecule has 1 heterocycles. The minimum atomic E-state index is -2.38. The monoisotopic (exact) mass is 222 g/mol. The van der Waals surface area contributed by atoms with Crippen molar-refractivity contribution in [3.05, 3.63) is 4.77 Å². The Kier molecular flexibility index (Phi) is 3.56. The molecular formula is C7H12F2N4S. The molecule has 0 fully saturated rings. The van der Waals surface area contributed by atoms with Gasteiger partial charge in [0.1, 0.15) is 0 Å². The van der Waals surface area contributed by atoms with E-state index in [2.05, 4.69) is 10.2 Å². The van der Waals surface area contributed by atoms with E-state index in [-0.39, 0.29) is 6.54 Å². The number of alkyl halides is 2. The van der Waals surface area contributed by atoms with E-state index >= 15 is 0 Å². The molecule has 0 atom stereocenters. The summed E-state index contributed by atoms with van der Waals surface area (Å²) in [5.74, 6) is 0.442. The van der Waals surface area contributed by atoms with Crippen LogP contribution in [-0.4, -0.2) is 34.8 Å². The number of nitrogens with one attached hydrogen (secondary N) is 1. The van der Waals surface area contributed by atoms with Crippen LogP contribution < -0.4 is 4.90 Å². The van der Waals surface area contributed by atoms with E-state index in [9.17, 15) is 8.78 Å². The smallest absolute Gasteiger partial charge is 0.255 e. The molecule has 0 radical (unpaired) electrons. The summed E-state index contributed by atoms with van der Waals surface area (Å²) >= 11 is 4.94. The highest BCUT2D eigenvalue weighted by Crippen LogP contribution is 2.10. The molecule has 0 spiro atoms. The number of hydrogen-bond acceptors (Lipinski definition) is 3. The Bertz CT molecular complexity index is 346. The van der Waals surface area contributed by atoms with Gasteiger partial charge in [-0.05, 0) is 19.1 Å². The molecular weight excluding hydrogens is 210 g/mol. The van der Waals surface area contributed by atoms with Crippen molar-refractivity contribution in [2.24, 2.45) is 0 Å². The molecule has 1 rings (SSSR count). The third kappa shape index (κ3) is 2.28. The summed E-state index contributed by atoms with van der Waals surface area (Å²) < 4.78 is 26.3. The zero-order chi connectivity index (χ0) is 10.7. The van der Waals surface area contributed by atoms with E-state index in [1.54, 1.807) is 11.6 Å². The number of anilines is 1. The third-order valence-electron chi connectivity index (χ3n) is 1.81. The Morgan fingerprint density at radius 3 is 2.79 bits per heavy atom. The molecule has 1 aromatic heterocycles. The first-order valence-corrected chi connectivity index (χ1v) is 4.61. The van der Waals surface area contributed by atoms with Gasteiger partial charge in [-0.2, -0.15) is 0 Å². The van der Waals surface area contributed by atoms with Crippen LogP contribution in [0, 0.1) is 4.77 Å². The molecule has 0 saturated carbocycles. The summed E-state index contributed by atoms with van der Waals surface area (Å²) in [5, 5.41) is 6.45. The number of nitrogens with zero attached hydrogens (tertiary/aromatic N) is 3. The van der Waals surface area contributed by atoms with Crippen LogP contribution in [0.4, 0.5) is 14.7 Å². The fraction of sp³-hybridized carbons (Fsp3) is 0.714. The van der Waals surface area contributed by atoms with E-state index in [0.29, 0.717) is 17.3 Å². The molecule has 0 saturated heterocycles. The number of aromatic nitrogens is 3. The number of halogens is 2. The number of aromatic amines is 1. The van der Waals surface area contributed by atoms with Gasteiger partial charge in [-0.25, -0.2) is 13.9 Å². The zero-order valence-electron chi connectivity index (χ0n) is 8.00. The van der Waals surface area contributed by atoms with E-state index < -0.39 is 6.43 Å². The largest absolute Gasteiger partial charge is 0.338 e. The molecule has 0 aliphatic heterocycles. The highest BCUT2D eigenvalue weighted by Gasteiger charge is 2.13. The lowest BCUT2D eigenvalue weighted by atomic mass is 10.6. The van der Waals surface area contributed by atoms with Crippen LogP contribution in [0.3, 0.4) is 0 Å². The number of rotatable bonds is 4. The van der Waals surface area contributed by atoms with Gasteiger partial charge in [0, 0.05) is 13.6 Å². The quantitative estimate of drug-likeness (QED) is 0.787. The van der Waals surface area contributed by atoms with Crippen molar-refractivity contribution < 1.29 is 8.78 Å². The molecule has 0 unspecified atom stereocenters. The van der Waals surface area contributed by atoms with Gasteiger partial charge in [-0.3, -0.25) is 4.57 Å². The molecule has 1 N–H and O–H groups in total. The van der Waals surface area contributed by atoms with Gasteiger partial charge in [0.05, 0.1) is 6.54 Å². The van der Waals surface area contributed by atoms with Crippen LogP contribution >= 0.6 is 12.2 Å². The first-order chi connectivity index (χ1) is 6.56. The van der Waals surface area contributed by atoms with E-state index in [1.807, 2.05) is 6.92 Å². The average molecular weight is 222 g/mol. The molecule has 7 heteroatoms. The van der Waals surface area contributed by atoms with E-state index in [4.69, 9.17) is 12.2 Å². The Labute approximate surface area is 85.5 Å². The maximum absolute atomic E-state index is 12.1. The van der Waals surface area contributed by atoms with Crippen molar-refractivity contribution in [1.29, 1.82) is 0 Å². The van der Waals surface area contributed by atoms with Crippen molar-refractivity contribution in [3.8, 4) is 0 Å². The Balaban J connectivity index is 2.89. The fourth-order valence-corrected chi connectivity index (χ4v) is 1.43. The topological polar surface area (TPSA) is 36.9 Å². The lowest BCUT2D eigenvalue weighted by Gasteiger charge is -2.17. The summed E-state index contributed by atoms with van der Waals surface area (Å²) in [6, 6.07) is 0. The second-order valence-electron chi connectivity index (χ2n) is 2.84. The van der Waals surface area contributed by atoms with Gasteiger partial charge in [0.15, 0.2) is 4.77 Å². The van der Waals surface area contributed by atoms with Gasteiger partial charge in [0.2, 0.25) is 5.95 Å². The molecule has 0 bridgehead atoms. The predicted octanol–water partition coefficient (Wildman–Crippen LogP) is 1.66. The Hall–Kier alpha value is -0.980. The lowest BCUT2D eigenvalue weighted by Crippen LogP contribution is -2.27. The maximum atomic E-state index is 12.1. The van der Waals surface area contributed by atoms with Crippen LogP contribution in [0.2, 0.25) is 0 Å². The maximum Gasteiger partial charge on any atom is 0.255 e. The van der Waals surface area contributed by atoms with Crippen LogP contribution in [0.5, 0.6) is 0 Å². The van der Waals surface area contributed by atoms with Gasteiger partial charge in [0.25, 0.3) is 6.43 Å². The lowest BCUT2D eigenvalue weighted by molar-refractivity contribution is 0.156. The van der Waals surface area contributed by atoms with Gasteiger partial charge in [-0.15, -0.1) is 5.10 Å². The van der Waals surface area contributed by atoms with Crippen LogP contribution in [0.15, 0.2) is 0 Å². The molecule has 0 amide bonds. The molecule has 14 heavy (non-hydrogen) atoms. The van der Waals surface area contributed by atoms with E-state index in [1.165, 1.54) is 4.90 Å². The summed E-state index contributed by atoms with van der Waals surface area (Å²) in [6.45, 7) is 2.14. The minimum Gasteiger partial charge on any atom is -0.338 e. The molecule has 0 aromatic carbocycles. The molecule has 0 aliphatic rings. The second kappa shape index (κ2) is 4.50. The first kappa shape index (κ1) is 11.1. The van der Waals surface area contributed by atoms with Gasteiger partial charge in [-0.1, -0.05) is 0 Å². The van der Waals surface area contributed by atoms with Gasteiger partial charge < -0.3 is 4.90 Å². The highest BCUT2D eigenvalue weighted by molar-refractivity contribution is 7.71. The van der Waals surface area contributed by atoms with Crippen molar-refractivity contribution in [2.75, 3.05) is 18.5 Å². The fourth-order valence-electron chi connectivity index (χ4n) is 1.17. The second-order valence-corrected chi connectivity index (χ2v) is 3.23. The SMILES string of the molecule is CCn1c(N(C)CC(F)F)n[nH]c1=S. The van der Waals surface area contributed by atoms with Crippen molar-refractivity contribution in [3.63, 3.8) is 0 Å². The normalized spacial score (nSPS) is 10.9. The Morgan fingerprint density at radius 2 is 2.29 bits per heavy atom. The van der Waals surface area contributed by atoms with Crippen LogP contribution in [0.25, 0.3) is 0 Å². The summed E-state index contributed by atoms with van der Waals surface area (Å²) in [6.07, 6.45) is -2.38. The zero-order valence-corrected chi connectivity index (χ0v) is 8.81. The Morgan fingerprint density at radius 1 is 1.64 bits per heavy atom. The predicted molar refractivity (Wildman–Crippen MR) is 52.4 cm³/mol. The number of H-pyrrole nitrogens is 1. The van der Waals surface area contributed by atoms with Crippen molar-refractivity contribution >= 4 is 18.2 Å². The average Bonchev–Trinajstić information content (AvgIpc) is 2.45. The van der Waals surface area contributed by atoms with E-state index in [0.717, 1.165) is 0 Å². The molecule has 0 aliphatic carbocycles. The first-order valence-electron chi connectivity index (χ1n) is 4.20. The van der Waals surface area contributed by atoms with Gasteiger partial charge >= 0.3 is 0 Å². The number of hydrogen-bond donors (Lipinski definition) is 1. The van der Waals surface area contributed by atoms with Crippen LogP contribution in [0.1, 0.15) is 6.92 Å². The van der Waals surface area contributed by atoms with Crippen molar-refractivity contribution in [2.45, 2.75) is 19.9 Å². The third-order valence-corrected chi connectivity index (χ3v) is 2.12.